The van der Waals surface area contributed by atoms with Crippen LogP contribution in [0.15, 0.2) is 24.3 Å². The normalized spacial score (nSPS) is 19.2. The van der Waals surface area contributed by atoms with Crippen LogP contribution in [0.5, 0.6) is 0 Å². The lowest BCUT2D eigenvalue weighted by atomic mass is 9.90. The highest BCUT2D eigenvalue weighted by Crippen LogP contribution is 2.37. The Kier molecular flexibility index (Phi) is 4.48. The van der Waals surface area contributed by atoms with Crippen LogP contribution in [0.25, 0.3) is 0 Å². The Morgan fingerprint density at radius 3 is 2.64 bits per heavy atom. The van der Waals surface area contributed by atoms with Crippen molar-refractivity contribution in [2.75, 3.05) is 5.32 Å². The first kappa shape index (κ1) is 16.5. The highest BCUT2D eigenvalue weighted by Gasteiger charge is 2.33. The largest absolute Gasteiger partial charge is 0.353 e. The van der Waals surface area contributed by atoms with E-state index >= 15 is 0 Å². The smallest absolute Gasteiger partial charge is 0.257 e. The molecule has 7 heteroatoms. The van der Waals surface area contributed by atoms with E-state index in [1.807, 2.05) is 0 Å². The predicted molar refractivity (Wildman–Crippen MR) is 98.4 cm³/mol. The maximum absolute atomic E-state index is 12.4. The van der Waals surface area contributed by atoms with Crippen LogP contribution in [0.4, 0.5) is 5.13 Å². The molecular formula is C18H18ClN3O2S. The monoisotopic (exact) mass is 375 g/mol. The van der Waals surface area contributed by atoms with E-state index in [0.717, 1.165) is 42.7 Å². The van der Waals surface area contributed by atoms with Crippen molar-refractivity contribution in [1.29, 1.82) is 0 Å². The fourth-order valence-electron chi connectivity index (χ4n) is 3.03. The van der Waals surface area contributed by atoms with Gasteiger partial charge in [0.1, 0.15) is 0 Å². The Morgan fingerprint density at radius 2 is 1.92 bits per heavy atom. The lowest BCUT2D eigenvalue weighted by Gasteiger charge is -2.20. The number of amides is 2. The van der Waals surface area contributed by atoms with Crippen molar-refractivity contribution >= 4 is 39.9 Å². The van der Waals surface area contributed by atoms with Gasteiger partial charge in [-0.15, -0.1) is 11.3 Å². The van der Waals surface area contributed by atoms with Gasteiger partial charge in [-0.05, 0) is 56.4 Å². The van der Waals surface area contributed by atoms with Crippen molar-refractivity contribution in [3.8, 4) is 0 Å². The summed E-state index contributed by atoms with van der Waals surface area (Å²) in [6.45, 7) is 0. The molecule has 5 nitrogen and oxygen atoms in total. The van der Waals surface area contributed by atoms with Crippen LogP contribution in [0.1, 0.15) is 52.5 Å². The van der Waals surface area contributed by atoms with Crippen molar-refractivity contribution < 1.29 is 9.59 Å². The first-order chi connectivity index (χ1) is 12.1. The van der Waals surface area contributed by atoms with Gasteiger partial charge in [-0.25, -0.2) is 4.98 Å². The maximum atomic E-state index is 12.4. The number of thiazole rings is 1. The lowest BCUT2D eigenvalue weighted by Crippen LogP contribution is -2.32. The van der Waals surface area contributed by atoms with E-state index in [4.69, 9.17) is 11.6 Å². The third-order valence-corrected chi connectivity index (χ3v) is 5.82. The number of benzene rings is 1. The molecule has 1 saturated carbocycles. The summed E-state index contributed by atoms with van der Waals surface area (Å²) in [6.07, 6.45) is 4.86. The van der Waals surface area contributed by atoms with Crippen molar-refractivity contribution in [3.63, 3.8) is 0 Å². The molecule has 25 heavy (non-hydrogen) atoms. The van der Waals surface area contributed by atoms with Gasteiger partial charge in [-0.2, -0.15) is 0 Å². The molecule has 1 atom stereocenters. The molecule has 0 radical (unpaired) electrons. The molecule has 2 aromatic rings. The summed E-state index contributed by atoms with van der Waals surface area (Å²) in [5, 5.41) is 7.05. The van der Waals surface area contributed by atoms with E-state index in [-0.39, 0.29) is 17.7 Å². The van der Waals surface area contributed by atoms with Gasteiger partial charge >= 0.3 is 0 Å². The highest BCUT2D eigenvalue weighted by molar-refractivity contribution is 7.16. The SMILES string of the molecule is O=C(Nc1nc2c(s1)CCCC2C(=O)NC1CC1)c1ccc(Cl)cc1. The zero-order valence-electron chi connectivity index (χ0n) is 13.5. The van der Waals surface area contributed by atoms with E-state index in [1.54, 1.807) is 24.3 Å². The summed E-state index contributed by atoms with van der Waals surface area (Å²) in [5.41, 5.74) is 1.36. The number of nitrogens with one attached hydrogen (secondary N) is 2. The van der Waals surface area contributed by atoms with E-state index in [2.05, 4.69) is 15.6 Å². The van der Waals surface area contributed by atoms with Gasteiger partial charge < -0.3 is 5.32 Å². The second-order valence-electron chi connectivity index (χ2n) is 6.52. The average molecular weight is 376 g/mol. The number of rotatable bonds is 4. The molecule has 0 bridgehead atoms. The fourth-order valence-corrected chi connectivity index (χ4v) is 4.21. The van der Waals surface area contributed by atoms with Gasteiger partial charge in [0, 0.05) is 21.5 Å². The number of fused-ring (bicyclic) bond motifs is 1. The molecule has 2 N–H and O–H groups in total. The van der Waals surface area contributed by atoms with Gasteiger partial charge in [-0.3, -0.25) is 14.9 Å². The second kappa shape index (κ2) is 6.77. The first-order valence-corrected chi connectivity index (χ1v) is 9.66. The molecule has 4 rings (SSSR count). The van der Waals surface area contributed by atoms with Crippen LogP contribution in [-0.4, -0.2) is 22.8 Å². The maximum Gasteiger partial charge on any atom is 0.257 e. The van der Waals surface area contributed by atoms with Crippen LogP contribution in [-0.2, 0) is 11.2 Å². The topological polar surface area (TPSA) is 71.1 Å². The summed E-state index contributed by atoms with van der Waals surface area (Å²) in [7, 11) is 0. The summed E-state index contributed by atoms with van der Waals surface area (Å²) in [5.74, 6) is -0.340. The summed E-state index contributed by atoms with van der Waals surface area (Å²) in [6, 6.07) is 7.07. The Labute approximate surface area is 154 Å². The Bertz CT molecular complexity index is 814. The van der Waals surface area contributed by atoms with Gasteiger partial charge in [0.2, 0.25) is 5.91 Å². The van der Waals surface area contributed by atoms with Crippen LogP contribution in [0, 0.1) is 0 Å². The first-order valence-electron chi connectivity index (χ1n) is 8.47. The molecule has 2 aliphatic rings. The predicted octanol–water partition coefficient (Wildman–Crippen LogP) is 3.75. The van der Waals surface area contributed by atoms with Crippen molar-refractivity contribution in [3.05, 3.63) is 45.4 Å². The molecule has 130 valence electrons. The Balaban J connectivity index is 1.50. The standard InChI is InChI=1S/C18H18ClN3O2S/c19-11-6-4-10(5-7-11)16(23)22-18-21-15-13(2-1-3-14(15)25-18)17(24)20-12-8-9-12/h4-7,12-13H,1-3,8-9H2,(H,20,24)(H,21,22,23). The van der Waals surface area contributed by atoms with E-state index in [1.165, 1.54) is 11.3 Å². The van der Waals surface area contributed by atoms with E-state index < -0.39 is 0 Å². The number of carbonyl (C=O) groups is 2. The molecule has 1 aromatic heterocycles. The Hall–Kier alpha value is -1.92. The van der Waals surface area contributed by atoms with Crippen molar-refractivity contribution in [2.45, 2.75) is 44.1 Å². The average Bonchev–Trinajstić information content (AvgIpc) is 3.31. The summed E-state index contributed by atoms with van der Waals surface area (Å²) in [4.78, 5) is 30.5. The number of halogens is 1. The number of hydrogen-bond acceptors (Lipinski definition) is 4. The molecule has 0 spiro atoms. The zero-order chi connectivity index (χ0) is 17.4. The van der Waals surface area contributed by atoms with E-state index in [9.17, 15) is 9.59 Å². The molecule has 1 unspecified atom stereocenters. The number of hydrogen-bond donors (Lipinski definition) is 2. The van der Waals surface area contributed by atoms with Crippen LogP contribution in [0.2, 0.25) is 5.02 Å². The van der Waals surface area contributed by atoms with Gasteiger partial charge in [0.05, 0.1) is 11.6 Å². The van der Waals surface area contributed by atoms with Crippen LogP contribution >= 0.6 is 22.9 Å². The quantitative estimate of drug-likeness (QED) is 0.854. The molecular weight excluding hydrogens is 358 g/mol. The number of nitrogens with zero attached hydrogens (tertiary/aromatic N) is 1. The summed E-state index contributed by atoms with van der Waals surface area (Å²) >= 11 is 7.32. The fraction of sp³-hybridized carbons (Fsp3) is 0.389. The van der Waals surface area contributed by atoms with E-state index in [0.29, 0.717) is 21.8 Å². The molecule has 1 heterocycles. The second-order valence-corrected chi connectivity index (χ2v) is 8.04. The molecule has 0 saturated heterocycles. The third-order valence-electron chi connectivity index (χ3n) is 4.52. The summed E-state index contributed by atoms with van der Waals surface area (Å²) < 4.78 is 0. The van der Waals surface area contributed by atoms with Crippen LogP contribution in [0.3, 0.4) is 0 Å². The zero-order valence-corrected chi connectivity index (χ0v) is 15.1. The minimum absolute atomic E-state index is 0.0735. The molecule has 0 aliphatic heterocycles. The van der Waals surface area contributed by atoms with Gasteiger partial charge in [-0.1, -0.05) is 11.6 Å². The third kappa shape index (κ3) is 3.70. The van der Waals surface area contributed by atoms with Crippen molar-refractivity contribution in [2.24, 2.45) is 0 Å². The highest BCUT2D eigenvalue weighted by atomic mass is 35.5. The number of carbonyl (C=O) groups excluding carboxylic acids is 2. The Morgan fingerprint density at radius 1 is 1.16 bits per heavy atom. The lowest BCUT2D eigenvalue weighted by molar-refractivity contribution is -0.123. The molecule has 1 fully saturated rings. The number of aromatic nitrogens is 1. The minimum atomic E-state index is -0.221. The van der Waals surface area contributed by atoms with Crippen molar-refractivity contribution in [1.82, 2.24) is 10.3 Å². The van der Waals surface area contributed by atoms with Gasteiger partial charge in [0.25, 0.3) is 5.91 Å². The number of anilines is 1. The minimum Gasteiger partial charge on any atom is -0.353 e. The molecule has 1 aromatic carbocycles. The molecule has 2 aliphatic carbocycles. The number of aryl methyl sites for hydroxylation is 1. The van der Waals surface area contributed by atoms with Gasteiger partial charge in [0.15, 0.2) is 5.13 Å². The van der Waals surface area contributed by atoms with Crippen LogP contribution < -0.4 is 10.6 Å². The molecule has 2 amide bonds.